The van der Waals surface area contributed by atoms with Crippen LogP contribution in [0.15, 0.2) is 24.3 Å². The van der Waals surface area contributed by atoms with E-state index in [2.05, 4.69) is 0 Å². The van der Waals surface area contributed by atoms with E-state index in [1.54, 1.807) is 0 Å². The van der Waals surface area contributed by atoms with Crippen molar-refractivity contribution < 1.29 is 4.74 Å². The molecule has 3 heteroatoms. The second-order valence-corrected chi connectivity index (χ2v) is 3.81. The monoisotopic (exact) mass is 197 g/mol. The van der Waals surface area contributed by atoms with Gasteiger partial charge in [0.05, 0.1) is 13.2 Å². The summed E-state index contributed by atoms with van der Waals surface area (Å²) >= 11 is 5.78. The van der Waals surface area contributed by atoms with Crippen LogP contribution in [-0.4, -0.2) is 13.2 Å². The first kappa shape index (κ1) is 9.00. The molecule has 0 spiro atoms. The van der Waals surface area contributed by atoms with Crippen molar-refractivity contribution in [3.63, 3.8) is 0 Å². The summed E-state index contributed by atoms with van der Waals surface area (Å²) in [6.07, 6.45) is 0. The molecule has 0 bridgehead atoms. The van der Waals surface area contributed by atoms with Gasteiger partial charge in [-0.1, -0.05) is 23.7 Å². The molecule has 2 rings (SSSR count). The maximum Gasteiger partial charge on any atom is 0.0534 e. The van der Waals surface area contributed by atoms with Crippen LogP contribution < -0.4 is 5.73 Å². The lowest BCUT2D eigenvalue weighted by molar-refractivity contribution is -0.0441. The highest BCUT2D eigenvalue weighted by Crippen LogP contribution is 2.26. The zero-order chi connectivity index (χ0) is 9.26. The van der Waals surface area contributed by atoms with Gasteiger partial charge in [-0.25, -0.2) is 0 Å². The van der Waals surface area contributed by atoms with Gasteiger partial charge in [0.1, 0.15) is 0 Å². The zero-order valence-electron chi connectivity index (χ0n) is 7.24. The van der Waals surface area contributed by atoms with Crippen LogP contribution in [0.2, 0.25) is 5.02 Å². The summed E-state index contributed by atoms with van der Waals surface area (Å²) in [5.41, 5.74) is 7.16. The molecule has 1 aliphatic rings. The Morgan fingerprint density at radius 1 is 1.31 bits per heavy atom. The van der Waals surface area contributed by atoms with E-state index in [-0.39, 0.29) is 6.04 Å². The van der Waals surface area contributed by atoms with Gasteiger partial charge in [0, 0.05) is 17.0 Å². The van der Waals surface area contributed by atoms with Crippen LogP contribution in [-0.2, 0) is 4.74 Å². The van der Waals surface area contributed by atoms with Crippen LogP contribution in [0.4, 0.5) is 0 Å². The first-order chi connectivity index (χ1) is 6.27. The van der Waals surface area contributed by atoms with Crippen molar-refractivity contribution in [3.05, 3.63) is 34.9 Å². The zero-order valence-corrected chi connectivity index (χ0v) is 8.00. The molecule has 0 saturated carbocycles. The molecule has 1 fully saturated rings. The van der Waals surface area contributed by atoms with Crippen molar-refractivity contribution in [3.8, 4) is 0 Å². The molecule has 2 N–H and O–H groups in total. The van der Waals surface area contributed by atoms with Crippen molar-refractivity contribution in [2.24, 2.45) is 11.7 Å². The number of hydrogen-bond donors (Lipinski definition) is 1. The van der Waals surface area contributed by atoms with Crippen LogP contribution in [0.1, 0.15) is 11.6 Å². The minimum atomic E-state index is 0.0889. The Kier molecular flexibility index (Phi) is 2.54. The topological polar surface area (TPSA) is 35.2 Å². The van der Waals surface area contributed by atoms with E-state index in [1.165, 1.54) is 0 Å². The van der Waals surface area contributed by atoms with Crippen LogP contribution >= 0.6 is 11.6 Å². The molecule has 0 amide bonds. The molecule has 2 nitrogen and oxygen atoms in total. The number of nitrogens with two attached hydrogens (primary N) is 1. The SMILES string of the molecule is NC(c1ccc(Cl)cc1)C1COC1. The average Bonchev–Trinajstić information content (AvgIpc) is 2.02. The predicted molar refractivity (Wildman–Crippen MR) is 52.7 cm³/mol. The van der Waals surface area contributed by atoms with Gasteiger partial charge in [-0.3, -0.25) is 0 Å². The standard InChI is InChI=1S/C10H12ClNO/c11-9-3-1-7(2-4-9)10(12)8-5-13-6-8/h1-4,8,10H,5-6,12H2. The summed E-state index contributed by atoms with van der Waals surface area (Å²) < 4.78 is 5.10. The summed E-state index contributed by atoms with van der Waals surface area (Å²) in [5.74, 6) is 0.473. The maximum absolute atomic E-state index is 6.03. The highest BCUT2D eigenvalue weighted by Gasteiger charge is 2.26. The Hall–Kier alpha value is -0.570. The fraction of sp³-hybridized carbons (Fsp3) is 0.400. The number of rotatable bonds is 2. The van der Waals surface area contributed by atoms with Gasteiger partial charge in [-0.05, 0) is 17.7 Å². The predicted octanol–water partition coefficient (Wildman–Crippen LogP) is 1.99. The lowest BCUT2D eigenvalue weighted by Crippen LogP contribution is -2.37. The third kappa shape index (κ3) is 1.85. The highest BCUT2D eigenvalue weighted by atomic mass is 35.5. The van der Waals surface area contributed by atoms with Gasteiger partial charge in [-0.15, -0.1) is 0 Å². The quantitative estimate of drug-likeness (QED) is 0.787. The molecule has 13 heavy (non-hydrogen) atoms. The van der Waals surface area contributed by atoms with Gasteiger partial charge < -0.3 is 10.5 Å². The van der Waals surface area contributed by atoms with Gasteiger partial charge in [0.15, 0.2) is 0 Å². The van der Waals surface area contributed by atoms with Crippen LogP contribution in [0.25, 0.3) is 0 Å². The molecule has 0 aliphatic carbocycles. The van der Waals surface area contributed by atoms with E-state index in [0.29, 0.717) is 5.92 Å². The minimum absolute atomic E-state index is 0.0889. The third-order valence-corrected chi connectivity index (χ3v) is 2.68. The summed E-state index contributed by atoms with van der Waals surface area (Å²) in [7, 11) is 0. The summed E-state index contributed by atoms with van der Waals surface area (Å²) in [6.45, 7) is 1.56. The first-order valence-corrected chi connectivity index (χ1v) is 4.74. The molecule has 0 aromatic heterocycles. The Morgan fingerprint density at radius 2 is 1.92 bits per heavy atom. The normalized spacial score (nSPS) is 19.5. The van der Waals surface area contributed by atoms with Crippen LogP contribution in [0, 0.1) is 5.92 Å². The Bertz CT molecular complexity index is 281. The lowest BCUT2D eigenvalue weighted by atomic mass is 9.92. The molecule has 1 unspecified atom stereocenters. The van der Waals surface area contributed by atoms with Crippen LogP contribution in [0.3, 0.4) is 0 Å². The molecular formula is C10H12ClNO. The molecule has 1 aliphatic heterocycles. The van der Waals surface area contributed by atoms with Crippen molar-refractivity contribution in [1.82, 2.24) is 0 Å². The second-order valence-electron chi connectivity index (χ2n) is 3.37. The Labute approximate surface area is 82.6 Å². The number of ether oxygens (including phenoxy) is 1. The van der Waals surface area contributed by atoms with Gasteiger partial charge in [0.2, 0.25) is 0 Å². The highest BCUT2D eigenvalue weighted by molar-refractivity contribution is 6.30. The minimum Gasteiger partial charge on any atom is -0.381 e. The number of benzene rings is 1. The van der Waals surface area contributed by atoms with Crippen molar-refractivity contribution >= 4 is 11.6 Å². The fourth-order valence-electron chi connectivity index (χ4n) is 1.42. The van der Waals surface area contributed by atoms with Crippen molar-refractivity contribution in [2.45, 2.75) is 6.04 Å². The van der Waals surface area contributed by atoms with Gasteiger partial charge >= 0.3 is 0 Å². The lowest BCUT2D eigenvalue weighted by Gasteiger charge is -2.31. The van der Waals surface area contributed by atoms with Gasteiger partial charge in [-0.2, -0.15) is 0 Å². The van der Waals surface area contributed by atoms with E-state index in [1.807, 2.05) is 24.3 Å². The molecule has 1 aromatic rings. The van der Waals surface area contributed by atoms with Gasteiger partial charge in [0.25, 0.3) is 0 Å². The summed E-state index contributed by atoms with van der Waals surface area (Å²) in [6, 6.07) is 7.79. The molecule has 1 heterocycles. The van der Waals surface area contributed by atoms with Crippen molar-refractivity contribution in [2.75, 3.05) is 13.2 Å². The summed E-state index contributed by atoms with van der Waals surface area (Å²) in [4.78, 5) is 0. The molecule has 1 saturated heterocycles. The largest absolute Gasteiger partial charge is 0.381 e. The molecular weight excluding hydrogens is 186 g/mol. The summed E-state index contributed by atoms with van der Waals surface area (Å²) in [5, 5.41) is 0.751. The second kappa shape index (κ2) is 3.66. The average molecular weight is 198 g/mol. The molecule has 1 atom stereocenters. The molecule has 0 radical (unpaired) electrons. The smallest absolute Gasteiger partial charge is 0.0534 e. The third-order valence-electron chi connectivity index (χ3n) is 2.43. The fourth-order valence-corrected chi connectivity index (χ4v) is 1.54. The maximum atomic E-state index is 6.03. The van der Waals surface area contributed by atoms with E-state index >= 15 is 0 Å². The van der Waals surface area contributed by atoms with E-state index < -0.39 is 0 Å². The van der Waals surface area contributed by atoms with E-state index in [4.69, 9.17) is 22.1 Å². The number of halogens is 1. The Morgan fingerprint density at radius 3 is 2.38 bits per heavy atom. The van der Waals surface area contributed by atoms with E-state index in [9.17, 15) is 0 Å². The first-order valence-electron chi connectivity index (χ1n) is 4.36. The molecule has 70 valence electrons. The van der Waals surface area contributed by atoms with E-state index in [0.717, 1.165) is 23.8 Å². The van der Waals surface area contributed by atoms with Crippen LogP contribution in [0.5, 0.6) is 0 Å². The molecule has 1 aromatic carbocycles. The Balaban J connectivity index is 2.10. The van der Waals surface area contributed by atoms with Crippen molar-refractivity contribution in [1.29, 1.82) is 0 Å². The number of hydrogen-bond acceptors (Lipinski definition) is 2.